The van der Waals surface area contributed by atoms with Crippen molar-refractivity contribution in [3.05, 3.63) is 29.1 Å². The lowest BCUT2D eigenvalue weighted by Gasteiger charge is -2.03. The largest absolute Gasteiger partial charge is 0.481 e. The van der Waals surface area contributed by atoms with Crippen LogP contribution in [0.5, 0.6) is 0 Å². The molecule has 3 N–H and O–H groups in total. The number of nitrogens with one attached hydrogen (secondary N) is 2. The van der Waals surface area contributed by atoms with E-state index in [9.17, 15) is 4.79 Å². The van der Waals surface area contributed by atoms with Crippen molar-refractivity contribution < 1.29 is 9.90 Å². The van der Waals surface area contributed by atoms with Gasteiger partial charge >= 0.3 is 5.97 Å². The van der Waals surface area contributed by atoms with Crippen molar-refractivity contribution >= 4 is 17.0 Å². The lowest BCUT2D eigenvalue weighted by atomic mass is 10.0. The molecule has 5 nitrogen and oxygen atoms in total. The number of imidazole rings is 1. The minimum Gasteiger partial charge on any atom is -0.481 e. The monoisotopic (exact) mass is 245 g/mol. The van der Waals surface area contributed by atoms with Gasteiger partial charge in [-0.25, -0.2) is 4.98 Å². The first-order valence-corrected chi connectivity index (χ1v) is 6.15. The molecule has 5 heteroatoms. The minimum absolute atomic E-state index is 0.0547. The van der Waals surface area contributed by atoms with Gasteiger partial charge in [-0.05, 0) is 49.2 Å². The number of hydrogen-bond donors (Lipinski definition) is 3. The highest BCUT2D eigenvalue weighted by Crippen LogP contribution is 2.20. The Morgan fingerprint density at radius 2 is 2.00 bits per heavy atom. The summed E-state index contributed by atoms with van der Waals surface area (Å²) in [6.07, 6.45) is 1.96. The molecule has 1 aromatic heterocycles. The van der Waals surface area contributed by atoms with Gasteiger partial charge in [-0.15, -0.1) is 0 Å². The second kappa shape index (κ2) is 4.42. The number of aliphatic carboxylic acids is 1. The molecular formula is C13H15N3O2. The average Bonchev–Trinajstić information content (AvgIpc) is 2.54. The summed E-state index contributed by atoms with van der Waals surface area (Å²) in [4.78, 5) is 18.1. The van der Waals surface area contributed by atoms with E-state index in [1.165, 1.54) is 11.1 Å². The van der Waals surface area contributed by atoms with E-state index < -0.39 is 5.97 Å². The van der Waals surface area contributed by atoms with E-state index in [2.05, 4.69) is 27.4 Å². The Morgan fingerprint density at radius 1 is 1.28 bits per heavy atom. The van der Waals surface area contributed by atoms with Crippen LogP contribution in [0.2, 0.25) is 0 Å². The third kappa shape index (κ3) is 2.09. The molecule has 94 valence electrons. The fourth-order valence-electron chi connectivity index (χ4n) is 2.46. The third-order valence-corrected chi connectivity index (χ3v) is 3.31. The summed E-state index contributed by atoms with van der Waals surface area (Å²) in [5.74, 6) is -0.337. The van der Waals surface area contributed by atoms with Crippen LogP contribution in [0.1, 0.15) is 17.0 Å². The highest BCUT2D eigenvalue weighted by atomic mass is 16.4. The van der Waals surface area contributed by atoms with Crippen LogP contribution < -0.4 is 5.32 Å². The molecule has 18 heavy (non-hydrogen) atoms. The van der Waals surface area contributed by atoms with Gasteiger partial charge in [0.25, 0.3) is 0 Å². The van der Waals surface area contributed by atoms with Crippen molar-refractivity contribution in [3.63, 3.8) is 0 Å². The molecule has 1 aliphatic heterocycles. The first-order valence-electron chi connectivity index (χ1n) is 6.15. The number of carboxylic acids is 1. The number of rotatable bonds is 2. The number of aromatic amines is 1. The quantitative estimate of drug-likeness (QED) is 0.734. The van der Waals surface area contributed by atoms with Crippen molar-refractivity contribution in [2.24, 2.45) is 0 Å². The fourth-order valence-corrected chi connectivity index (χ4v) is 2.46. The summed E-state index contributed by atoms with van der Waals surface area (Å²) in [5, 5.41) is 12.1. The molecule has 1 aliphatic rings. The minimum atomic E-state index is -0.861. The van der Waals surface area contributed by atoms with Gasteiger partial charge in [-0.2, -0.15) is 0 Å². The summed E-state index contributed by atoms with van der Waals surface area (Å²) in [6, 6.07) is 4.19. The van der Waals surface area contributed by atoms with E-state index >= 15 is 0 Å². The van der Waals surface area contributed by atoms with Gasteiger partial charge in [0.2, 0.25) is 0 Å². The van der Waals surface area contributed by atoms with E-state index in [-0.39, 0.29) is 6.42 Å². The lowest BCUT2D eigenvalue weighted by Crippen LogP contribution is -2.16. The maximum atomic E-state index is 10.7. The summed E-state index contributed by atoms with van der Waals surface area (Å²) in [7, 11) is 0. The Labute approximate surface area is 104 Å². The summed E-state index contributed by atoms with van der Waals surface area (Å²) >= 11 is 0. The SMILES string of the molecule is O=C(O)Cc1nc2cc3c(cc2[nH]1)CCNCC3. The molecule has 0 bridgehead atoms. The molecule has 0 saturated carbocycles. The molecule has 0 aliphatic carbocycles. The highest BCUT2D eigenvalue weighted by molar-refractivity contribution is 5.79. The number of hydrogen-bond acceptors (Lipinski definition) is 3. The molecule has 0 fully saturated rings. The summed E-state index contributed by atoms with van der Waals surface area (Å²) in [6.45, 7) is 1.99. The van der Waals surface area contributed by atoms with Gasteiger partial charge in [0, 0.05) is 0 Å². The number of H-pyrrole nitrogens is 1. The Bertz CT molecular complexity index is 561. The number of nitrogens with zero attached hydrogens (tertiary/aromatic N) is 1. The molecule has 0 radical (unpaired) electrons. The number of benzene rings is 1. The zero-order valence-electron chi connectivity index (χ0n) is 9.99. The zero-order valence-corrected chi connectivity index (χ0v) is 9.99. The molecule has 0 spiro atoms. The van der Waals surface area contributed by atoms with Crippen molar-refractivity contribution in [1.29, 1.82) is 0 Å². The van der Waals surface area contributed by atoms with Gasteiger partial charge < -0.3 is 15.4 Å². The number of fused-ring (bicyclic) bond motifs is 2. The highest BCUT2D eigenvalue weighted by Gasteiger charge is 2.12. The van der Waals surface area contributed by atoms with Crippen LogP contribution in [-0.2, 0) is 24.1 Å². The van der Waals surface area contributed by atoms with Crippen molar-refractivity contribution in [1.82, 2.24) is 15.3 Å². The van der Waals surface area contributed by atoms with Crippen molar-refractivity contribution in [2.45, 2.75) is 19.3 Å². The standard InChI is InChI=1S/C13H15N3O2/c17-13(18)7-12-15-10-5-8-1-3-14-4-2-9(8)6-11(10)16-12/h5-6,14H,1-4,7H2,(H,15,16)(H,17,18). The maximum Gasteiger partial charge on any atom is 0.311 e. The van der Waals surface area contributed by atoms with Crippen LogP contribution in [-0.4, -0.2) is 34.1 Å². The van der Waals surface area contributed by atoms with Gasteiger partial charge in [0.1, 0.15) is 12.2 Å². The second-order valence-electron chi connectivity index (χ2n) is 4.64. The summed E-state index contributed by atoms with van der Waals surface area (Å²) in [5.41, 5.74) is 4.46. The normalized spacial score (nSPS) is 15.3. The van der Waals surface area contributed by atoms with Gasteiger partial charge in [-0.1, -0.05) is 0 Å². The first kappa shape index (κ1) is 11.2. The first-order chi connectivity index (χ1) is 8.72. The predicted molar refractivity (Wildman–Crippen MR) is 67.7 cm³/mol. The van der Waals surface area contributed by atoms with Crippen LogP contribution in [0.15, 0.2) is 12.1 Å². The predicted octanol–water partition coefficient (Wildman–Crippen LogP) is 0.878. The third-order valence-electron chi connectivity index (χ3n) is 3.31. The molecule has 0 atom stereocenters. The Hall–Kier alpha value is -1.88. The van der Waals surface area contributed by atoms with Gasteiger partial charge in [0.05, 0.1) is 11.0 Å². The molecule has 3 rings (SSSR count). The molecule has 0 amide bonds. The van der Waals surface area contributed by atoms with Crippen LogP contribution in [0.4, 0.5) is 0 Å². The molecule has 1 aromatic carbocycles. The van der Waals surface area contributed by atoms with Crippen molar-refractivity contribution in [3.8, 4) is 0 Å². The molecule has 2 aromatic rings. The summed E-state index contributed by atoms with van der Waals surface area (Å²) < 4.78 is 0. The second-order valence-corrected chi connectivity index (χ2v) is 4.64. The van der Waals surface area contributed by atoms with Crippen molar-refractivity contribution in [2.75, 3.05) is 13.1 Å². The van der Waals surface area contributed by atoms with Crippen LogP contribution in [0.3, 0.4) is 0 Å². The number of aromatic nitrogens is 2. The average molecular weight is 245 g/mol. The molecule has 0 unspecified atom stereocenters. The Balaban J connectivity index is 2.03. The van der Waals surface area contributed by atoms with E-state index in [1.54, 1.807) is 0 Å². The topological polar surface area (TPSA) is 78.0 Å². The zero-order chi connectivity index (χ0) is 12.5. The Morgan fingerprint density at radius 3 is 2.72 bits per heavy atom. The number of carboxylic acid groups (broad SMARTS) is 1. The molecule has 2 heterocycles. The van der Waals surface area contributed by atoms with E-state index in [4.69, 9.17) is 5.11 Å². The fraction of sp³-hybridized carbons (Fsp3) is 0.385. The Kier molecular flexibility index (Phi) is 2.76. The van der Waals surface area contributed by atoms with Crippen LogP contribution >= 0.6 is 0 Å². The van der Waals surface area contributed by atoms with Gasteiger partial charge in [-0.3, -0.25) is 4.79 Å². The van der Waals surface area contributed by atoms with E-state index in [0.717, 1.165) is 37.0 Å². The molecule has 0 saturated heterocycles. The lowest BCUT2D eigenvalue weighted by molar-refractivity contribution is -0.136. The smallest absolute Gasteiger partial charge is 0.311 e. The van der Waals surface area contributed by atoms with Gasteiger partial charge in [0.15, 0.2) is 0 Å². The number of carbonyl (C=O) groups is 1. The van der Waals surface area contributed by atoms with Crippen LogP contribution in [0, 0.1) is 0 Å². The molecular weight excluding hydrogens is 230 g/mol. The van der Waals surface area contributed by atoms with Crippen LogP contribution in [0.25, 0.3) is 11.0 Å². The maximum absolute atomic E-state index is 10.7. The van der Waals surface area contributed by atoms with E-state index in [1.807, 2.05) is 0 Å². The van der Waals surface area contributed by atoms with E-state index in [0.29, 0.717) is 5.82 Å².